The number of hydrogen-bond acceptors (Lipinski definition) is 8. The summed E-state index contributed by atoms with van der Waals surface area (Å²) in [7, 11) is 0. The summed E-state index contributed by atoms with van der Waals surface area (Å²) in [6.07, 6.45) is 3.81. The Labute approximate surface area is 195 Å². The maximum Gasteiger partial charge on any atom is 0.178 e. The van der Waals surface area contributed by atoms with Crippen LogP contribution in [0.5, 0.6) is 5.75 Å². The number of aryl methyl sites for hydroxylation is 1. The van der Waals surface area contributed by atoms with Crippen LogP contribution in [-0.4, -0.2) is 90.9 Å². The van der Waals surface area contributed by atoms with Crippen molar-refractivity contribution in [1.82, 2.24) is 14.8 Å². The van der Waals surface area contributed by atoms with E-state index in [2.05, 4.69) is 20.9 Å². The Balaban J connectivity index is 1.19. The monoisotopic (exact) mass is 463 g/mol. The van der Waals surface area contributed by atoms with Crippen LogP contribution in [0.4, 0.5) is 0 Å². The largest absolute Gasteiger partial charge is 0.472 e. The number of piperazine rings is 1. The Kier molecular flexibility index (Phi) is 8.74. The normalized spacial score (nSPS) is 21.1. The first kappa shape index (κ1) is 23.9. The molecule has 2 fully saturated rings. The van der Waals surface area contributed by atoms with E-state index >= 15 is 0 Å². The minimum absolute atomic E-state index is 0.345. The Morgan fingerprint density at radius 2 is 1.97 bits per heavy atom. The second-order valence-electron chi connectivity index (χ2n) is 8.88. The van der Waals surface area contributed by atoms with Crippen LogP contribution in [0.1, 0.15) is 37.6 Å². The maximum atomic E-state index is 10.4. The lowest BCUT2D eigenvalue weighted by Gasteiger charge is -2.40. The highest BCUT2D eigenvalue weighted by atomic mass is 32.1. The van der Waals surface area contributed by atoms with Crippen molar-refractivity contribution in [2.24, 2.45) is 0 Å². The smallest absolute Gasteiger partial charge is 0.178 e. The molecule has 1 N–H and O–H groups in total. The Hall–Kier alpha value is -1.29. The molecule has 4 rings (SSSR count). The molecule has 0 radical (unpaired) electrons. The highest BCUT2D eigenvalue weighted by Crippen LogP contribution is 2.27. The van der Waals surface area contributed by atoms with Gasteiger partial charge in [0.1, 0.15) is 11.9 Å². The topological polar surface area (TPSA) is 67.3 Å². The van der Waals surface area contributed by atoms with E-state index in [1.807, 2.05) is 19.1 Å². The molecule has 2 aliphatic heterocycles. The first-order valence-corrected chi connectivity index (χ1v) is 12.8. The molecule has 0 aliphatic carbocycles. The van der Waals surface area contributed by atoms with Gasteiger partial charge in [0, 0.05) is 52.1 Å². The van der Waals surface area contributed by atoms with Gasteiger partial charge in [0.2, 0.25) is 0 Å². The SMILES string of the molecule is Cc1nc2cc(OC([C@@H](C)O)N3CCN(CCCCOC4CCOCC4)CC3)ccc2s1. The molecular formula is C24H37N3O4S. The summed E-state index contributed by atoms with van der Waals surface area (Å²) in [4.78, 5) is 9.32. The van der Waals surface area contributed by atoms with Gasteiger partial charge in [-0.05, 0) is 58.2 Å². The molecule has 0 bridgehead atoms. The summed E-state index contributed by atoms with van der Waals surface area (Å²) < 4.78 is 18.8. The molecule has 8 heteroatoms. The third kappa shape index (κ3) is 6.62. The molecule has 3 heterocycles. The van der Waals surface area contributed by atoms with E-state index in [-0.39, 0.29) is 6.23 Å². The van der Waals surface area contributed by atoms with Crippen LogP contribution in [0.3, 0.4) is 0 Å². The van der Waals surface area contributed by atoms with Crippen LogP contribution in [-0.2, 0) is 9.47 Å². The molecule has 7 nitrogen and oxygen atoms in total. The number of ether oxygens (including phenoxy) is 3. The van der Waals surface area contributed by atoms with Crippen LogP contribution < -0.4 is 4.74 Å². The summed E-state index contributed by atoms with van der Waals surface area (Å²) in [5, 5.41) is 11.5. The zero-order valence-electron chi connectivity index (χ0n) is 19.4. The minimum atomic E-state index is -0.572. The van der Waals surface area contributed by atoms with Crippen LogP contribution in [0.25, 0.3) is 10.2 Å². The van der Waals surface area contributed by atoms with Gasteiger partial charge >= 0.3 is 0 Å². The van der Waals surface area contributed by atoms with E-state index < -0.39 is 6.10 Å². The third-order valence-corrected chi connectivity index (χ3v) is 7.24. The summed E-state index contributed by atoms with van der Waals surface area (Å²) in [5.41, 5.74) is 0.958. The minimum Gasteiger partial charge on any atom is -0.472 e. The van der Waals surface area contributed by atoms with Crippen LogP contribution in [0.15, 0.2) is 18.2 Å². The van der Waals surface area contributed by atoms with E-state index in [9.17, 15) is 5.11 Å². The van der Waals surface area contributed by atoms with Crippen LogP contribution in [0, 0.1) is 6.92 Å². The molecule has 2 atom stereocenters. The van der Waals surface area contributed by atoms with Gasteiger partial charge in [-0.2, -0.15) is 0 Å². The summed E-state index contributed by atoms with van der Waals surface area (Å²) in [5.74, 6) is 0.764. The molecule has 1 aromatic carbocycles. The molecule has 2 saturated heterocycles. The van der Waals surface area contributed by atoms with Crippen molar-refractivity contribution in [3.63, 3.8) is 0 Å². The number of unbranched alkanes of at least 4 members (excludes halogenated alkanes) is 1. The predicted molar refractivity (Wildman–Crippen MR) is 127 cm³/mol. The third-order valence-electron chi connectivity index (χ3n) is 6.29. The van der Waals surface area contributed by atoms with E-state index in [4.69, 9.17) is 14.2 Å². The van der Waals surface area contributed by atoms with Gasteiger partial charge < -0.3 is 24.2 Å². The van der Waals surface area contributed by atoms with Crippen molar-refractivity contribution < 1.29 is 19.3 Å². The lowest BCUT2D eigenvalue weighted by molar-refractivity contribution is -0.0747. The Morgan fingerprint density at radius 1 is 1.19 bits per heavy atom. The zero-order chi connectivity index (χ0) is 22.3. The first-order valence-electron chi connectivity index (χ1n) is 12.0. The van der Waals surface area contributed by atoms with Gasteiger partial charge in [0.25, 0.3) is 0 Å². The second kappa shape index (κ2) is 11.7. The summed E-state index contributed by atoms with van der Waals surface area (Å²) in [6, 6.07) is 6.01. The van der Waals surface area contributed by atoms with Gasteiger partial charge in [-0.15, -0.1) is 11.3 Å². The van der Waals surface area contributed by atoms with Crippen molar-refractivity contribution >= 4 is 21.6 Å². The number of aliphatic hydroxyl groups is 1. The van der Waals surface area contributed by atoms with E-state index in [1.165, 1.54) is 0 Å². The van der Waals surface area contributed by atoms with Crippen molar-refractivity contribution in [2.75, 3.05) is 52.5 Å². The van der Waals surface area contributed by atoms with Crippen molar-refractivity contribution in [3.8, 4) is 5.75 Å². The molecule has 32 heavy (non-hydrogen) atoms. The van der Waals surface area contributed by atoms with Crippen molar-refractivity contribution in [2.45, 2.75) is 58.0 Å². The van der Waals surface area contributed by atoms with Gasteiger partial charge in [-0.25, -0.2) is 4.98 Å². The number of nitrogens with zero attached hydrogens (tertiary/aromatic N) is 3. The molecule has 2 aliphatic rings. The van der Waals surface area contributed by atoms with Crippen LogP contribution in [0.2, 0.25) is 0 Å². The number of rotatable bonds is 10. The quantitative estimate of drug-likeness (QED) is 0.543. The maximum absolute atomic E-state index is 10.4. The van der Waals surface area contributed by atoms with Gasteiger partial charge in [0.15, 0.2) is 6.23 Å². The van der Waals surface area contributed by atoms with Gasteiger partial charge in [0.05, 0.1) is 21.3 Å². The Bertz CT molecular complexity index is 832. The molecular weight excluding hydrogens is 426 g/mol. The molecule has 178 valence electrons. The predicted octanol–water partition coefficient (Wildman–Crippen LogP) is 3.28. The summed E-state index contributed by atoms with van der Waals surface area (Å²) >= 11 is 1.69. The lowest BCUT2D eigenvalue weighted by atomic mass is 10.1. The van der Waals surface area contributed by atoms with E-state index in [0.717, 1.165) is 99.2 Å². The Morgan fingerprint density at radius 3 is 2.72 bits per heavy atom. The van der Waals surface area contributed by atoms with Gasteiger partial charge in [-0.3, -0.25) is 4.90 Å². The number of aromatic nitrogens is 1. The van der Waals surface area contributed by atoms with Gasteiger partial charge in [-0.1, -0.05) is 0 Å². The average Bonchev–Trinajstić information content (AvgIpc) is 3.17. The number of thiazole rings is 1. The highest BCUT2D eigenvalue weighted by molar-refractivity contribution is 7.18. The van der Waals surface area contributed by atoms with E-state index in [1.54, 1.807) is 18.3 Å². The van der Waals surface area contributed by atoms with E-state index in [0.29, 0.717) is 6.10 Å². The average molecular weight is 464 g/mol. The second-order valence-corrected chi connectivity index (χ2v) is 10.1. The van der Waals surface area contributed by atoms with Crippen molar-refractivity contribution in [3.05, 3.63) is 23.2 Å². The number of benzene rings is 1. The number of aliphatic hydroxyl groups excluding tert-OH is 1. The first-order chi connectivity index (χ1) is 15.6. The lowest BCUT2D eigenvalue weighted by Crippen LogP contribution is -2.55. The fraction of sp³-hybridized carbons (Fsp3) is 0.708. The molecule has 2 aromatic rings. The fourth-order valence-corrected chi connectivity index (χ4v) is 5.29. The molecule has 0 spiro atoms. The van der Waals surface area contributed by atoms with Crippen LogP contribution >= 0.6 is 11.3 Å². The standard InChI is InChI=1S/C24H37N3O4S/c1-18(28)24(31-21-5-6-23-22(17-21)25-19(2)32-23)27-12-10-26(11-13-27)9-3-4-14-30-20-7-15-29-16-8-20/h5-6,17-18,20,24,28H,3-4,7-16H2,1-2H3/t18-,24?/m1/s1. The number of fused-ring (bicyclic) bond motifs is 1. The zero-order valence-corrected chi connectivity index (χ0v) is 20.2. The highest BCUT2D eigenvalue weighted by Gasteiger charge is 2.28. The molecule has 0 saturated carbocycles. The summed E-state index contributed by atoms with van der Waals surface area (Å²) in [6.45, 7) is 11.2. The molecule has 0 amide bonds. The van der Waals surface area contributed by atoms with Crippen molar-refractivity contribution in [1.29, 1.82) is 0 Å². The fourth-order valence-electron chi connectivity index (χ4n) is 4.48. The number of hydrogen-bond donors (Lipinski definition) is 1. The molecule has 1 unspecified atom stereocenters. The molecule has 1 aromatic heterocycles.